The van der Waals surface area contributed by atoms with Gasteiger partial charge in [-0.05, 0) is 29.7 Å². The molecule has 1 heterocycles. The first-order valence-corrected chi connectivity index (χ1v) is 5.66. The highest BCUT2D eigenvalue weighted by atomic mass is 16.5. The van der Waals surface area contributed by atoms with E-state index < -0.39 is 0 Å². The fourth-order valence-electron chi connectivity index (χ4n) is 2.53. The summed E-state index contributed by atoms with van der Waals surface area (Å²) in [7, 11) is 5.52. The third-order valence-electron chi connectivity index (χ3n) is 3.34. The summed E-state index contributed by atoms with van der Waals surface area (Å²) < 4.78 is 10.7. The molecule has 0 spiro atoms. The number of hydrogen-bond acceptors (Lipinski definition) is 3. The molecule has 0 aromatic heterocycles. The highest BCUT2D eigenvalue weighted by Crippen LogP contribution is 2.40. The number of nitrogens with zero attached hydrogens (tertiary/aromatic N) is 1. The van der Waals surface area contributed by atoms with Gasteiger partial charge in [0, 0.05) is 12.6 Å². The Hall–Kier alpha value is -1.16. The molecule has 0 bridgehead atoms. The van der Waals surface area contributed by atoms with Gasteiger partial charge in [0.15, 0.2) is 19.5 Å². The van der Waals surface area contributed by atoms with E-state index in [0.717, 1.165) is 24.5 Å². The van der Waals surface area contributed by atoms with Gasteiger partial charge in [-0.25, -0.2) is 0 Å². The van der Waals surface area contributed by atoms with Crippen molar-refractivity contribution in [3.8, 4) is 11.5 Å². The van der Waals surface area contributed by atoms with Gasteiger partial charge in [0.25, 0.3) is 0 Å². The lowest BCUT2D eigenvalue weighted by Crippen LogP contribution is -2.17. The number of hydrogen-bond donors (Lipinski definition) is 0. The van der Waals surface area contributed by atoms with Crippen LogP contribution in [-0.2, 0) is 6.54 Å². The molecule has 0 fully saturated rings. The van der Waals surface area contributed by atoms with Crippen LogP contribution >= 0.6 is 0 Å². The van der Waals surface area contributed by atoms with Crippen LogP contribution in [0.3, 0.4) is 0 Å². The predicted octanol–water partition coefficient (Wildman–Crippen LogP) is 1.52. The van der Waals surface area contributed by atoms with E-state index in [4.69, 9.17) is 9.47 Å². The maximum absolute atomic E-state index is 5.35. The minimum atomic E-state index is 0.509. The molecule has 0 N–H and O–H groups in total. The van der Waals surface area contributed by atoms with Gasteiger partial charge >= 0.3 is 0 Å². The average molecular weight is 219 g/mol. The van der Waals surface area contributed by atoms with Crippen molar-refractivity contribution >= 4 is 7.98 Å². The fraction of sp³-hybridized carbons (Fsp3) is 0.500. The lowest BCUT2D eigenvalue weighted by molar-refractivity contribution is 0.353. The molecule has 1 aromatic carbocycles. The van der Waals surface area contributed by atoms with Crippen molar-refractivity contribution in [2.75, 3.05) is 14.2 Å². The molecule has 2 rings (SSSR count). The molecule has 1 unspecified atom stereocenters. The van der Waals surface area contributed by atoms with Crippen LogP contribution in [0.15, 0.2) is 12.1 Å². The van der Waals surface area contributed by atoms with E-state index in [0.29, 0.717) is 6.04 Å². The van der Waals surface area contributed by atoms with Gasteiger partial charge in [0.1, 0.15) is 0 Å². The van der Waals surface area contributed by atoms with Gasteiger partial charge < -0.3 is 14.3 Å². The van der Waals surface area contributed by atoms with E-state index in [1.807, 2.05) is 0 Å². The summed E-state index contributed by atoms with van der Waals surface area (Å²) in [5.74, 6) is 1.65. The first kappa shape index (κ1) is 11.3. The predicted molar refractivity (Wildman–Crippen MR) is 66.7 cm³/mol. The zero-order chi connectivity index (χ0) is 11.7. The Morgan fingerprint density at radius 2 is 1.94 bits per heavy atom. The van der Waals surface area contributed by atoms with Crippen LogP contribution < -0.4 is 9.47 Å². The number of benzene rings is 1. The largest absolute Gasteiger partial charge is 0.493 e. The van der Waals surface area contributed by atoms with Gasteiger partial charge in [0.05, 0.1) is 14.2 Å². The van der Waals surface area contributed by atoms with Gasteiger partial charge in [-0.3, -0.25) is 0 Å². The molecular weight excluding hydrogens is 201 g/mol. The second kappa shape index (κ2) is 4.38. The number of fused-ring (bicyclic) bond motifs is 1. The third kappa shape index (κ3) is 1.67. The molecule has 0 amide bonds. The van der Waals surface area contributed by atoms with Crippen molar-refractivity contribution in [1.82, 2.24) is 4.81 Å². The molecule has 1 aliphatic rings. The highest BCUT2D eigenvalue weighted by molar-refractivity contribution is 6.05. The summed E-state index contributed by atoms with van der Waals surface area (Å²) in [6.07, 6.45) is 1.12. The minimum absolute atomic E-state index is 0.509. The number of rotatable bonds is 3. The molecule has 16 heavy (non-hydrogen) atoms. The Kier molecular flexibility index (Phi) is 3.10. The summed E-state index contributed by atoms with van der Waals surface area (Å²) in [6.45, 7) is 3.21. The van der Waals surface area contributed by atoms with Crippen molar-refractivity contribution in [2.24, 2.45) is 0 Å². The van der Waals surface area contributed by atoms with Crippen molar-refractivity contribution in [3.63, 3.8) is 0 Å². The van der Waals surface area contributed by atoms with Crippen molar-refractivity contribution in [3.05, 3.63) is 23.3 Å². The summed E-state index contributed by atoms with van der Waals surface area (Å²) in [5, 5.41) is 0. The molecule has 0 aliphatic carbocycles. The van der Waals surface area contributed by atoms with Gasteiger partial charge in [-0.2, -0.15) is 0 Å². The van der Waals surface area contributed by atoms with Crippen molar-refractivity contribution < 1.29 is 9.47 Å². The van der Waals surface area contributed by atoms with Gasteiger partial charge in [-0.1, -0.05) is 6.92 Å². The molecule has 0 saturated heterocycles. The number of ether oxygens (including phenoxy) is 2. The maximum Gasteiger partial charge on any atom is 0.186 e. The van der Waals surface area contributed by atoms with Crippen LogP contribution in [0.25, 0.3) is 0 Å². The second-order valence-corrected chi connectivity index (χ2v) is 4.25. The molecular formula is C12H18BNO2. The van der Waals surface area contributed by atoms with Crippen molar-refractivity contribution in [1.29, 1.82) is 0 Å². The first-order chi connectivity index (χ1) is 7.71. The Balaban J connectivity index is 2.47. The van der Waals surface area contributed by atoms with E-state index in [2.05, 4.69) is 31.8 Å². The monoisotopic (exact) mass is 219 g/mol. The van der Waals surface area contributed by atoms with Crippen LogP contribution in [-0.4, -0.2) is 27.0 Å². The summed E-state index contributed by atoms with van der Waals surface area (Å²) in [6, 6.07) is 4.72. The highest BCUT2D eigenvalue weighted by Gasteiger charge is 2.27. The lowest BCUT2D eigenvalue weighted by atomic mass is 10.0. The van der Waals surface area contributed by atoms with Gasteiger partial charge in [0.2, 0.25) is 0 Å². The smallest absolute Gasteiger partial charge is 0.186 e. The number of methoxy groups -OCH3 is 2. The molecule has 86 valence electrons. The Labute approximate surface area is 97.8 Å². The van der Waals surface area contributed by atoms with Crippen molar-refractivity contribution in [2.45, 2.75) is 25.9 Å². The molecule has 4 heteroatoms. The fourth-order valence-corrected chi connectivity index (χ4v) is 2.53. The molecule has 0 radical (unpaired) electrons. The Morgan fingerprint density at radius 1 is 1.31 bits per heavy atom. The second-order valence-electron chi connectivity index (χ2n) is 4.25. The normalized spacial score (nSPS) is 19.6. The zero-order valence-corrected chi connectivity index (χ0v) is 10.4. The SMILES string of the molecule is BN1Cc2cc(OC)c(OC)cc2C1CC. The Bertz CT molecular complexity index is 395. The maximum atomic E-state index is 5.35. The van der Waals surface area contributed by atoms with Gasteiger partial charge in [-0.15, -0.1) is 0 Å². The van der Waals surface area contributed by atoms with E-state index >= 15 is 0 Å². The molecule has 1 atom stereocenters. The van der Waals surface area contributed by atoms with Crippen LogP contribution in [0, 0.1) is 0 Å². The van der Waals surface area contributed by atoms with E-state index in [1.54, 1.807) is 14.2 Å². The summed E-state index contributed by atoms with van der Waals surface area (Å²) in [5.41, 5.74) is 2.73. The minimum Gasteiger partial charge on any atom is -0.493 e. The molecule has 1 aromatic rings. The quantitative estimate of drug-likeness (QED) is 0.719. The zero-order valence-electron chi connectivity index (χ0n) is 10.4. The molecule has 0 saturated carbocycles. The van der Waals surface area contributed by atoms with Crippen LogP contribution in [0.2, 0.25) is 0 Å². The van der Waals surface area contributed by atoms with Crippen LogP contribution in [0.5, 0.6) is 11.5 Å². The summed E-state index contributed by atoms with van der Waals surface area (Å²) >= 11 is 0. The van der Waals surface area contributed by atoms with E-state index in [-0.39, 0.29) is 0 Å². The topological polar surface area (TPSA) is 21.7 Å². The van der Waals surface area contributed by atoms with Crippen LogP contribution in [0.4, 0.5) is 0 Å². The summed E-state index contributed by atoms with van der Waals surface area (Å²) in [4.78, 5) is 2.36. The first-order valence-electron chi connectivity index (χ1n) is 5.66. The van der Waals surface area contributed by atoms with E-state index in [9.17, 15) is 0 Å². The molecule has 1 aliphatic heterocycles. The van der Waals surface area contributed by atoms with Crippen LogP contribution in [0.1, 0.15) is 30.5 Å². The average Bonchev–Trinajstić information content (AvgIpc) is 2.61. The Morgan fingerprint density at radius 3 is 2.50 bits per heavy atom. The lowest BCUT2D eigenvalue weighted by Gasteiger charge is -2.19. The standard InChI is InChI=1S/C12H18BNO2/c1-4-10-9-6-12(16-3)11(15-2)5-8(9)7-14(10)13/h5-6,10H,4,7,13H2,1-3H3. The molecule has 3 nitrogen and oxygen atoms in total. The third-order valence-corrected chi connectivity index (χ3v) is 3.34. The van der Waals surface area contributed by atoms with E-state index in [1.165, 1.54) is 11.1 Å².